The lowest BCUT2D eigenvalue weighted by atomic mass is 10.2. The van der Waals surface area contributed by atoms with Crippen molar-refractivity contribution in [1.29, 1.82) is 0 Å². The average molecular weight is 387 g/mol. The van der Waals surface area contributed by atoms with Gasteiger partial charge in [-0.1, -0.05) is 19.2 Å². The number of nitrogens with one attached hydrogen (secondary N) is 1. The molecule has 0 aliphatic heterocycles. The largest absolute Gasteiger partial charge is 0.497 e. The van der Waals surface area contributed by atoms with Crippen molar-refractivity contribution in [2.45, 2.75) is 17.9 Å². The van der Waals surface area contributed by atoms with Gasteiger partial charge in [-0.25, -0.2) is 4.98 Å². The van der Waals surface area contributed by atoms with Crippen molar-refractivity contribution < 1.29 is 9.53 Å². The van der Waals surface area contributed by atoms with E-state index in [1.807, 2.05) is 36.6 Å². The van der Waals surface area contributed by atoms with Crippen LogP contribution in [0.4, 0.5) is 0 Å². The summed E-state index contributed by atoms with van der Waals surface area (Å²) in [7, 11) is 1.65. The van der Waals surface area contributed by atoms with Gasteiger partial charge in [0.25, 0.3) is 0 Å². The van der Waals surface area contributed by atoms with Gasteiger partial charge in [0.2, 0.25) is 5.91 Å². The number of hydrogen-bond acceptors (Lipinski definition) is 5. The van der Waals surface area contributed by atoms with E-state index in [9.17, 15) is 4.79 Å². The molecule has 0 aliphatic carbocycles. The van der Waals surface area contributed by atoms with Crippen LogP contribution in [0.2, 0.25) is 0 Å². The maximum Gasteiger partial charge on any atom is 0.237 e. The van der Waals surface area contributed by atoms with Crippen molar-refractivity contribution in [2.75, 3.05) is 7.11 Å². The molecule has 0 radical (unpaired) electrons. The smallest absolute Gasteiger partial charge is 0.237 e. The summed E-state index contributed by atoms with van der Waals surface area (Å²) in [6.45, 7) is 9.17. The standard InChI is InChI=1S/C20H22N2O2S2/c1-5-7-16(6-2)21-19(23)14(3)25-12-17-13-26-20(22-17)15-8-10-18(24-4)11-9-15/h5-11,13-14H,1-2,12H2,3-4H3,(H,21,23)/b16-7+. The fourth-order valence-corrected chi connectivity index (χ4v) is 3.77. The van der Waals surface area contributed by atoms with Crippen LogP contribution in [0, 0.1) is 0 Å². The van der Waals surface area contributed by atoms with Gasteiger partial charge in [0, 0.05) is 22.4 Å². The molecule has 1 N–H and O–H groups in total. The maximum atomic E-state index is 12.2. The van der Waals surface area contributed by atoms with Crippen LogP contribution in [0.5, 0.6) is 5.75 Å². The van der Waals surface area contributed by atoms with Gasteiger partial charge in [-0.15, -0.1) is 23.1 Å². The summed E-state index contributed by atoms with van der Waals surface area (Å²) in [4.78, 5) is 16.9. The molecule has 2 aromatic rings. The summed E-state index contributed by atoms with van der Waals surface area (Å²) in [5.74, 6) is 1.44. The molecule has 1 aromatic carbocycles. The molecule has 2 rings (SSSR count). The minimum atomic E-state index is -0.200. The Morgan fingerprint density at radius 1 is 1.38 bits per heavy atom. The minimum Gasteiger partial charge on any atom is -0.497 e. The van der Waals surface area contributed by atoms with Crippen LogP contribution in [0.1, 0.15) is 12.6 Å². The first-order valence-corrected chi connectivity index (χ1v) is 9.96. The van der Waals surface area contributed by atoms with E-state index in [2.05, 4.69) is 23.5 Å². The van der Waals surface area contributed by atoms with Crippen LogP contribution < -0.4 is 10.1 Å². The van der Waals surface area contributed by atoms with Crippen molar-refractivity contribution >= 4 is 29.0 Å². The lowest BCUT2D eigenvalue weighted by molar-refractivity contribution is -0.119. The van der Waals surface area contributed by atoms with Gasteiger partial charge < -0.3 is 10.1 Å². The number of carbonyl (C=O) groups is 1. The molecule has 1 amide bonds. The lowest BCUT2D eigenvalue weighted by Crippen LogP contribution is -2.29. The Labute approximate surface area is 162 Å². The third-order valence-electron chi connectivity index (χ3n) is 3.52. The van der Waals surface area contributed by atoms with E-state index in [0.29, 0.717) is 11.4 Å². The Hall–Kier alpha value is -2.31. The minimum absolute atomic E-state index is 0.0615. The summed E-state index contributed by atoms with van der Waals surface area (Å²) >= 11 is 3.15. The fourth-order valence-electron chi connectivity index (χ4n) is 2.06. The number of amides is 1. The Bertz CT molecular complexity index is 794. The van der Waals surface area contributed by atoms with Crippen LogP contribution >= 0.6 is 23.1 Å². The van der Waals surface area contributed by atoms with E-state index in [4.69, 9.17) is 4.74 Å². The summed E-state index contributed by atoms with van der Waals surface area (Å²) in [6.07, 6.45) is 4.92. The first-order chi connectivity index (χ1) is 12.6. The van der Waals surface area contributed by atoms with E-state index >= 15 is 0 Å². The maximum absolute atomic E-state index is 12.2. The first kappa shape index (κ1) is 20.0. The highest BCUT2D eigenvalue weighted by Crippen LogP contribution is 2.27. The molecule has 0 saturated carbocycles. The third kappa shape index (κ3) is 5.61. The quantitative estimate of drug-likeness (QED) is 0.628. The molecule has 0 spiro atoms. The molecule has 0 fully saturated rings. The zero-order valence-electron chi connectivity index (χ0n) is 14.9. The normalized spacial score (nSPS) is 12.3. The van der Waals surface area contributed by atoms with Crippen molar-refractivity contribution in [3.8, 4) is 16.3 Å². The molecule has 0 aliphatic rings. The highest BCUT2D eigenvalue weighted by atomic mass is 32.2. The van der Waals surface area contributed by atoms with Crippen LogP contribution in [0.25, 0.3) is 10.6 Å². The number of allylic oxidation sites excluding steroid dienone is 3. The second-order valence-electron chi connectivity index (χ2n) is 5.38. The zero-order chi connectivity index (χ0) is 18.9. The second-order valence-corrected chi connectivity index (χ2v) is 7.56. The molecule has 26 heavy (non-hydrogen) atoms. The highest BCUT2D eigenvalue weighted by molar-refractivity contribution is 7.99. The number of thioether (sulfide) groups is 1. The Morgan fingerprint density at radius 3 is 2.73 bits per heavy atom. The molecule has 1 heterocycles. The first-order valence-electron chi connectivity index (χ1n) is 8.03. The Kier molecular flexibility index (Phi) is 7.69. The van der Waals surface area contributed by atoms with Gasteiger partial charge in [0.05, 0.1) is 18.1 Å². The molecule has 0 bridgehead atoms. The van der Waals surface area contributed by atoms with E-state index in [1.54, 1.807) is 48.4 Å². The molecule has 1 aromatic heterocycles. The number of benzene rings is 1. The summed E-state index contributed by atoms with van der Waals surface area (Å²) in [5, 5.41) is 5.62. The molecule has 6 heteroatoms. The number of rotatable bonds is 9. The second kappa shape index (κ2) is 9.99. The number of nitrogens with zero attached hydrogens (tertiary/aromatic N) is 1. The van der Waals surface area contributed by atoms with Crippen LogP contribution in [-0.2, 0) is 10.5 Å². The van der Waals surface area contributed by atoms with Crippen molar-refractivity contribution in [3.05, 3.63) is 72.4 Å². The van der Waals surface area contributed by atoms with E-state index in [-0.39, 0.29) is 11.2 Å². The fraction of sp³-hybridized carbons (Fsp3) is 0.200. The number of thiazole rings is 1. The van der Waals surface area contributed by atoms with Crippen molar-refractivity contribution in [2.24, 2.45) is 0 Å². The Balaban J connectivity index is 1.92. The van der Waals surface area contributed by atoms with Crippen molar-refractivity contribution in [1.82, 2.24) is 10.3 Å². The molecule has 136 valence electrons. The van der Waals surface area contributed by atoms with Gasteiger partial charge in [-0.2, -0.15) is 0 Å². The molecule has 1 unspecified atom stereocenters. The monoisotopic (exact) mass is 386 g/mol. The van der Waals surface area contributed by atoms with E-state index in [1.165, 1.54) is 0 Å². The van der Waals surface area contributed by atoms with Crippen LogP contribution in [0.15, 0.2) is 66.7 Å². The predicted octanol–water partition coefficient (Wildman–Crippen LogP) is 4.81. The van der Waals surface area contributed by atoms with Crippen LogP contribution in [0.3, 0.4) is 0 Å². The Morgan fingerprint density at radius 2 is 2.12 bits per heavy atom. The average Bonchev–Trinajstić information content (AvgIpc) is 3.14. The predicted molar refractivity (Wildman–Crippen MR) is 111 cm³/mol. The van der Waals surface area contributed by atoms with E-state index in [0.717, 1.165) is 22.0 Å². The molecular weight excluding hydrogens is 364 g/mol. The van der Waals surface area contributed by atoms with E-state index < -0.39 is 0 Å². The summed E-state index contributed by atoms with van der Waals surface area (Å²) < 4.78 is 5.17. The summed E-state index contributed by atoms with van der Waals surface area (Å²) in [6, 6.07) is 7.83. The number of ether oxygens (including phenoxy) is 1. The molecule has 4 nitrogen and oxygen atoms in total. The number of hydrogen-bond donors (Lipinski definition) is 1. The third-order valence-corrected chi connectivity index (χ3v) is 5.64. The molecule has 1 atom stereocenters. The number of aromatic nitrogens is 1. The van der Waals surface area contributed by atoms with Gasteiger partial charge >= 0.3 is 0 Å². The van der Waals surface area contributed by atoms with Gasteiger partial charge in [0.1, 0.15) is 10.8 Å². The topological polar surface area (TPSA) is 51.2 Å². The molecule has 0 saturated heterocycles. The lowest BCUT2D eigenvalue weighted by Gasteiger charge is -2.11. The number of methoxy groups -OCH3 is 1. The van der Waals surface area contributed by atoms with Gasteiger partial charge in [-0.3, -0.25) is 4.79 Å². The SMILES string of the molecule is C=C/C=C(\C=C)NC(=O)C(C)SCc1csc(-c2ccc(OC)cc2)n1. The highest BCUT2D eigenvalue weighted by Gasteiger charge is 2.15. The summed E-state index contributed by atoms with van der Waals surface area (Å²) in [5.41, 5.74) is 2.67. The number of carbonyl (C=O) groups excluding carboxylic acids is 1. The molecular formula is C20H22N2O2S2. The van der Waals surface area contributed by atoms with Gasteiger partial charge in [-0.05, 0) is 43.3 Å². The van der Waals surface area contributed by atoms with Crippen LogP contribution in [-0.4, -0.2) is 23.3 Å². The van der Waals surface area contributed by atoms with Gasteiger partial charge in [0.15, 0.2) is 0 Å². The zero-order valence-corrected chi connectivity index (χ0v) is 16.5. The van der Waals surface area contributed by atoms with Crippen molar-refractivity contribution in [3.63, 3.8) is 0 Å².